The van der Waals surface area contributed by atoms with Crippen molar-refractivity contribution in [3.8, 4) is 0 Å². The van der Waals surface area contributed by atoms with E-state index >= 15 is 0 Å². The lowest BCUT2D eigenvalue weighted by molar-refractivity contribution is -0.142. The van der Waals surface area contributed by atoms with Crippen LogP contribution in [0.15, 0.2) is 0 Å². The molecule has 1 saturated heterocycles. The average Bonchev–Trinajstić information content (AvgIpc) is 2.62. The zero-order valence-corrected chi connectivity index (χ0v) is 12.3. The average molecular weight is 270 g/mol. The minimum Gasteiger partial charge on any atom is -0.480 e. The van der Waals surface area contributed by atoms with Gasteiger partial charge >= 0.3 is 12.0 Å². The molecule has 1 heterocycles. The molecule has 1 aliphatic heterocycles. The van der Waals surface area contributed by atoms with Gasteiger partial charge in [0.2, 0.25) is 0 Å². The third kappa shape index (κ3) is 3.85. The summed E-state index contributed by atoms with van der Waals surface area (Å²) < 4.78 is 0. The molecule has 2 amide bonds. The topological polar surface area (TPSA) is 60.9 Å². The van der Waals surface area contributed by atoms with Crippen LogP contribution in [0.5, 0.6) is 0 Å². The van der Waals surface area contributed by atoms with Crippen LogP contribution >= 0.6 is 0 Å². The van der Waals surface area contributed by atoms with E-state index in [9.17, 15) is 9.59 Å². The molecule has 0 bridgehead atoms. The molecule has 0 saturated carbocycles. The number of likely N-dealkylation sites (tertiary alicyclic amines) is 1. The summed E-state index contributed by atoms with van der Waals surface area (Å²) in [5.74, 6) is -0.929. The summed E-state index contributed by atoms with van der Waals surface area (Å²) in [7, 11) is 1.60. The van der Waals surface area contributed by atoms with Gasteiger partial charge < -0.3 is 14.9 Å². The number of nitrogens with zero attached hydrogens (tertiary/aromatic N) is 2. The summed E-state index contributed by atoms with van der Waals surface area (Å²) in [6, 6.07) is -0.611. The predicted octanol–water partition coefficient (Wildman–Crippen LogP) is 2.56. The monoisotopic (exact) mass is 270 g/mol. The molecule has 2 atom stereocenters. The number of hydrogen-bond donors (Lipinski definition) is 1. The maximum absolute atomic E-state index is 12.5. The second-order valence-electron chi connectivity index (χ2n) is 5.26. The van der Waals surface area contributed by atoms with E-state index in [0.29, 0.717) is 6.42 Å². The van der Waals surface area contributed by atoms with Crippen molar-refractivity contribution >= 4 is 12.0 Å². The lowest BCUT2D eigenvalue weighted by Gasteiger charge is -2.35. The van der Waals surface area contributed by atoms with Crippen LogP contribution < -0.4 is 0 Å². The molecule has 0 aromatic carbocycles. The molecule has 0 spiro atoms. The molecule has 1 N–H and O–H groups in total. The molecule has 0 radical (unpaired) electrons. The van der Waals surface area contributed by atoms with Crippen molar-refractivity contribution in [3.63, 3.8) is 0 Å². The maximum Gasteiger partial charge on any atom is 0.326 e. The van der Waals surface area contributed by atoms with Gasteiger partial charge in [-0.1, -0.05) is 26.7 Å². The van der Waals surface area contributed by atoms with Gasteiger partial charge in [0.05, 0.1) is 0 Å². The highest BCUT2D eigenvalue weighted by atomic mass is 16.4. The van der Waals surface area contributed by atoms with Crippen molar-refractivity contribution in [2.24, 2.45) is 0 Å². The molecule has 0 aromatic rings. The number of amides is 2. The van der Waals surface area contributed by atoms with Gasteiger partial charge in [-0.05, 0) is 25.7 Å². The Morgan fingerprint density at radius 2 is 2.00 bits per heavy atom. The van der Waals surface area contributed by atoms with Gasteiger partial charge in [0.25, 0.3) is 0 Å². The molecule has 2 unspecified atom stereocenters. The van der Waals surface area contributed by atoms with Crippen molar-refractivity contribution in [1.82, 2.24) is 9.80 Å². The van der Waals surface area contributed by atoms with E-state index in [2.05, 4.69) is 6.92 Å². The van der Waals surface area contributed by atoms with E-state index in [0.717, 1.165) is 38.6 Å². The molecule has 0 aromatic heterocycles. The summed E-state index contributed by atoms with van der Waals surface area (Å²) in [6.45, 7) is 4.63. The van der Waals surface area contributed by atoms with E-state index in [4.69, 9.17) is 5.11 Å². The molecular formula is C14H26N2O3. The summed E-state index contributed by atoms with van der Waals surface area (Å²) >= 11 is 0. The molecule has 1 fully saturated rings. The number of carboxylic acid groups (broad SMARTS) is 1. The van der Waals surface area contributed by atoms with Crippen LogP contribution in [0.3, 0.4) is 0 Å². The number of rotatable bonds is 4. The smallest absolute Gasteiger partial charge is 0.326 e. The molecule has 1 rings (SSSR count). The van der Waals surface area contributed by atoms with Gasteiger partial charge in [0.1, 0.15) is 6.04 Å². The first-order valence-corrected chi connectivity index (χ1v) is 7.29. The molecule has 1 aliphatic rings. The Labute approximate surface area is 115 Å². The summed E-state index contributed by atoms with van der Waals surface area (Å²) in [4.78, 5) is 26.9. The Kier molecular flexibility index (Phi) is 6.12. The fourth-order valence-electron chi connectivity index (χ4n) is 2.80. The Balaban J connectivity index is 2.80. The standard InChI is InChI=1S/C14H26N2O3/c1-4-11-9-7-6-8-10-16(11)14(19)15(3)12(5-2)13(17)18/h11-12H,4-10H2,1-3H3,(H,17,18). The number of carboxylic acids is 1. The Hall–Kier alpha value is -1.26. The zero-order valence-electron chi connectivity index (χ0n) is 12.3. The first kappa shape index (κ1) is 15.8. The number of carbonyl (C=O) groups excluding carboxylic acids is 1. The number of urea groups is 1. The number of carbonyl (C=O) groups is 2. The normalized spacial score (nSPS) is 21.6. The summed E-state index contributed by atoms with van der Waals surface area (Å²) in [5.41, 5.74) is 0. The highest BCUT2D eigenvalue weighted by Crippen LogP contribution is 2.21. The van der Waals surface area contributed by atoms with Gasteiger partial charge in [-0.15, -0.1) is 0 Å². The largest absolute Gasteiger partial charge is 0.480 e. The summed E-state index contributed by atoms with van der Waals surface area (Å²) in [5, 5.41) is 9.16. The molecule has 0 aliphatic carbocycles. The van der Waals surface area contributed by atoms with Crippen molar-refractivity contribution in [3.05, 3.63) is 0 Å². The van der Waals surface area contributed by atoms with Gasteiger partial charge in [0, 0.05) is 19.6 Å². The molecule has 110 valence electrons. The van der Waals surface area contributed by atoms with Crippen LogP contribution in [0.25, 0.3) is 0 Å². The minimum atomic E-state index is -0.929. The van der Waals surface area contributed by atoms with Crippen LogP contribution in [0.2, 0.25) is 0 Å². The van der Waals surface area contributed by atoms with Crippen LogP contribution in [0.4, 0.5) is 4.79 Å². The van der Waals surface area contributed by atoms with E-state index in [1.807, 2.05) is 4.90 Å². The third-order valence-corrected chi connectivity index (χ3v) is 4.04. The van der Waals surface area contributed by atoms with E-state index in [-0.39, 0.29) is 12.1 Å². The lowest BCUT2D eigenvalue weighted by Crippen LogP contribution is -2.51. The van der Waals surface area contributed by atoms with Gasteiger partial charge in [-0.3, -0.25) is 0 Å². The first-order valence-electron chi connectivity index (χ1n) is 7.29. The third-order valence-electron chi connectivity index (χ3n) is 4.04. The number of hydrogen-bond acceptors (Lipinski definition) is 2. The number of likely N-dealkylation sites (N-methyl/N-ethyl adjacent to an activating group) is 1. The lowest BCUT2D eigenvalue weighted by atomic mass is 10.1. The molecular weight excluding hydrogens is 244 g/mol. The van der Waals surface area contributed by atoms with Crippen LogP contribution in [-0.2, 0) is 4.79 Å². The SMILES string of the molecule is CCC(C(=O)O)N(C)C(=O)N1CCCCCC1CC. The second-order valence-corrected chi connectivity index (χ2v) is 5.26. The molecule has 19 heavy (non-hydrogen) atoms. The minimum absolute atomic E-state index is 0.136. The van der Waals surface area contributed by atoms with E-state index in [1.165, 1.54) is 4.90 Å². The van der Waals surface area contributed by atoms with Crippen molar-refractivity contribution in [2.45, 2.75) is 64.5 Å². The van der Waals surface area contributed by atoms with Crippen LogP contribution in [0.1, 0.15) is 52.4 Å². The van der Waals surface area contributed by atoms with Gasteiger partial charge in [-0.25, -0.2) is 9.59 Å². The number of aliphatic carboxylic acids is 1. The van der Waals surface area contributed by atoms with E-state index < -0.39 is 12.0 Å². The Morgan fingerprint density at radius 3 is 2.53 bits per heavy atom. The van der Waals surface area contributed by atoms with Crippen LogP contribution in [-0.4, -0.2) is 52.6 Å². The maximum atomic E-state index is 12.5. The highest BCUT2D eigenvalue weighted by molar-refractivity contribution is 5.82. The predicted molar refractivity (Wildman–Crippen MR) is 74.1 cm³/mol. The summed E-state index contributed by atoms with van der Waals surface area (Å²) in [6.07, 6.45) is 5.72. The quantitative estimate of drug-likeness (QED) is 0.854. The highest BCUT2D eigenvalue weighted by Gasteiger charge is 2.31. The van der Waals surface area contributed by atoms with Crippen molar-refractivity contribution in [1.29, 1.82) is 0 Å². The van der Waals surface area contributed by atoms with Crippen molar-refractivity contribution < 1.29 is 14.7 Å². The second kappa shape index (κ2) is 7.36. The molecule has 5 heteroatoms. The fraction of sp³-hybridized carbons (Fsp3) is 0.857. The van der Waals surface area contributed by atoms with Gasteiger partial charge in [0.15, 0.2) is 0 Å². The van der Waals surface area contributed by atoms with E-state index in [1.54, 1.807) is 14.0 Å². The molecule has 5 nitrogen and oxygen atoms in total. The van der Waals surface area contributed by atoms with Crippen molar-refractivity contribution in [2.75, 3.05) is 13.6 Å². The van der Waals surface area contributed by atoms with Gasteiger partial charge in [-0.2, -0.15) is 0 Å². The zero-order chi connectivity index (χ0) is 14.4. The Morgan fingerprint density at radius 1 is 1.32 bits per heavy atom. The fourth-order valence-corrected chi connectivity index (χ4v) is 2.80. The van der Waals surface area contributed by atoms with Crippen LogP contribution in [0, 0.1) is 0 Å². The Bertz CT molecular complexity index is 320. The first-order chi connectivity index (χ1) is 9.02.